The van der Waals surface area contributed by atoms with Crippen LogP contribution in [-0.4, -0.2) is 53.2 Å². The molecule has 150 valence electrons. The zero-order chi connectivity index (χ0) is 20.4. The lowest BCUT2D eigenvalue weighted by Gasteiger charge is -2.34. The molecule has 2 aliphatic rings. The highest BCUT2D eigenvalue weighted by Gasteiger charge is 2.49. The van der Waals surface area contributed by atoms with Gasteiger partial charge in [-0.05, 0) is 37.0 Å². The molecule has 1 aromatic rings. The molecule has 0 bridgehead atoms. The first-order chi connectivity index (χ1) is 13.3. The Balaban J connectivity index is 1.72. The van der Waals surface area contributed by atoms with Crippen molar-refractivity contribution < 1.29 is 23.9 Å². The summed E-state index contributed by atoms with van der Waals surface area (Å²) < 4.78 is 5.16. The maximum Gasteiger partial charge on any atom is 0.334 e. The minimum absolute atomic E-state index is 0.124. The Labute approximate surface area is 167 Å². The summed E-state index contributed by atoms with van der Waals surface area (Å²) >= 11 is 5.93. The number of benzene rings is 1. The fraction of sp³-hybridized carbons (Fsp3) is 0.474. The Bertz CT molecular complexity index is 828. The Morgan fingerprint density at radius 1 is 1.21 bits per heavy atom. The van der Waals surface area contributed by atoms with Crippen molar-refractivity contribution in [1.82, 2.24) is 9.80 Å². The number of hydrogen-bond acceptors (Lipinski definition) is 5. The van der Waals surface area contributed by atoms with E-state index in [1.807, 2.05) is 6.92 Å². The average Bonchev–Trinajstić information content (AvgIpc) is 2.86. The van der Waals surface area contributed by atoms with E-state index in [2.05, 4.69) is 5.32 Å². The third kappa shape index (κ3) is 3.82. The molecule has 5 amide bonds. The number of nitrogens with zero attached hydrogens (tertiary/aromatic N) is 2. The summed E-state index contributed by atoms with van der Waals surface area (Å²) in [5, 5.41) is 2.95. The summed E-state index contributed by atoms with van der Waals surface area (Å²) in [4.78, 5) is 51.6. The molecule has 1 heterocycles. The summed E-state index contributed by atoms with van der Waals surface area (Å²) in [7, 11) is 1.44. The van der Waals surface area contributed by atoms with Gasteiger partial charge in [0.25, 0.3) is 0 Å². The van der Waals surface area contributed by atoms with Crippen LogP contribution in [0.25, 0.3) is 0 Å². The Morgan fingerprint density at radius 3 is 2.61 bits per heavy atom. The van der Waals surface area contributed by atoms with Gasteiger partial charge in [-0.3, -0.25) is 19.3 Å². The van der Waals surface area contributed by atoms with E-state index < -0.39 is 30.3 Å². The topological polar surface area (TPSA) is 96.0 Å². The van der Waals surface area contributed by atoms with Gasteiger partial charge in [0.2, 0.25) is 5.91 Å². The fourth-order valence-corrected chi connectivity index (χ4v) is 3.92. The highest BCUT2D eigenvalue weighted by Crippen LogP contribution is 2.31. The van der Waals surface area contributed by atoms with Crippen LogP contribution in [-0.2, 0) is 14.4 Å². The van der Waals surface area contributed by atoms with Crippen molar-refractivity contribution in [3.8, 4) is 5.75 Å². The summed E-state index contributed by atoms with van der Waals surface area (Å²) in [6.45, 7) is 1.41. The molecule has 1 N–H and O–H groups in total. The maximum absolute atomic E-state index is 12.7. The van der Waals surface area contributed by atoms with Crippen molar-refractivity contribution in [2.75, 3.05) is 19.0 Å². The molecule has 0 unspecified atom stereocenters. The molecule has 1 saturated carbocycles. The van der Waals surface area contributed by atoms with E-state index in [-0.39, 0.29) is 12.0 Å². The Kier molecular flexibility index (Phi) is 5.88. The number of ether oxygens (including phenoxy) is 1. The molecular weight excluding hydrogens is 386 g/mol. The Morgan fingerprint density at radius 2 is 1.93 bits per heavy atom. The number of carbonyl (C=O) groups is 4. The normalized spacial score (nSPS) is 22.6. The van der Waals surface area contributed by atoms with E-state index in [1.54, 1.807) is 12.1 Å². The first kappa shape index (κ1) is 20.1. The molecule has 3 rings (SSSR count). The van der Waals surface area contributed by atoms with E-state index in [9.17, 15) is 19.2 Å². The first-order valence-corrected chi connectivity index (χ1v) is 9.53. The summed E-state index contributed by atoms with van der Waals surface area (Å²) in [5.74, 6) is -1.97. The standard InChI is InChI=1S/C19H22ClN3O5/c1-11-5-3-4-6-14(11)23-18(26)17(25)22(19(23)27)10-16(24)21-13-9-12(20)7-8-15(13)28-2/h7-9,11,14H,3-6,10H2,1-2H3,(H,21,24)/t11-,14-/m1/s1. The van der Waals surface area contributed by atoms with E-state index in [0.29, 0.717) is 27.8 Å². The van der Waals surface area contributed by atoms with E-state index >= 15 is 0 Å². The minimum Gasteiger partial charge on any atom is -0.495 e. The molecule has 9 heteroatoms. The highest BCUT2D eigenvalue weighted by atomic mass is 35.5. The van der Waals surface area contributed by atoms with Crippen LogP contribution in [0.1, 0.15) is 32.6 Å². The molecule has 28 heavy (non-hydrogen) atoms. The fourth-order valence-electron chi connectivity index (χ4n) is 3.75. The van der Waals surface area contributed by atoms with Crippen molar-refractivity contribution in [3.63, 3.8) is 0 Å². The number of halogens is 1. The van der Waals surface area contributed by atoms with Crippen molar-refractivity contribution in [2.24, 2.45) is 5.92 Å². The molecule has 2 fully saturated rings. The number of imide groups is 2. The second-order valence-corrected chi connectivity index (χ2v) is 7.51. The molecule has 0 spiro atoms. The lowest BCUT2D eigenvalue weighted by atomic mass is 9.85. The van der Waals surface area contributed by atoms with Crippen molar-refractivity contribution in [2.45, 2.75) is 38.6 Å². The van der Waals surface area contributed by atoms with Gasteiger partial charge in [-0.1, -0.05) is 31.4 Å². The van der Waals surface area contributed by atoms with Gasteiger partial charge >= 0.3 is 17.8 Å². The third-order valence-corrected chi connectivity index (χ3v) is 5.45. The predicted molar refractivity (Wildman–Crippen MR) is 102 cm³/mol. The quantitative estimate of drug-likeness (QED) is 0.598. The molecule has 1 aliphatic carbocycles. The van der Waals surface area contributed by atoms with Gasteiger partial charge in [0.1, 0.15) is 12.3 Å². The lowest BCUT2D eigenvalue weighted by molar-refractivity contribution is -0.145. The van der Waals surface area contributed by atoms with Crippen LogP contribution in [0.15, 0.2) is 18.2 Å². The van der Waals surface area contributed by atoms with Crippen LogP contribution in [0.4, 0.5) is 10.5 Å². The highest BCUT2D eigenvalue weighted by molar-refractivity contribution is 6.45. The molecule has 0 radical (unpaired) electrons. The number of urea groups is 1. The van der Waals surface area contributed by atoms with Crippen LogP contribution >= 0.6 is 11.6 Å². The predicted octanol–water partition coefficient (Wildman–Crippen LogP) is 2.66. The number of hydrogen-bond donors (Lipinski definition) is 1. The second kappa shape index (κ2) is 8.18. The van der Waals surface area contributed by atoms with Crippen molar-refractivity contribution in [1.29, 1.82) is 0 Å². The summed E-state index contributed by atoms with van der Waals surface area (Å²) in [6, 6.07) is 3.64. The molecule has 1 saturated heterocycles. The number of rotatable bonds is 5. The smallest absolute Gasteiger partial charge is 0.334 e. The minimum atomic E-state index is -0.976. The van der Waals surface area contributed by atoms with Gasteiger partial charge in [0.05, 0.1) is 12.8 Å². The number of carbonyl (C=O) groups excluding carboxylic acids is 4. The van der Waals surface area contributed by atoms with Gasteiger partial charge in [-0.2, -0.15) is 0 Å². The molecular formula is C19H22ClN3O5. The number of anilines is 1. The average molecular weight is 408 g/mol. The van der Waals surface area contributed by atoms with Crippen LogP contribution in [0.5, 0.6) is 5.75 Å². The molecule has 2 atom stereocenters. The van der Waals surface area contributed by atoms with E-state index in [4.69, 9.17) is 16.3 Å². The number of methoxy groups -OCH3 is 1. The van der Waals surface area contributed by atoms with Crippen LogP contribution < -0.4 is 10.1 Å². The molecule has 1 aromatic carbocycles. The maximum atomic E-state index is 12.7. The number of nitrogens with one attached hydrogen (secondary N) is 1. The van der Waals surface area contributed by atoms with Gasteiger partial charge in [0.15, 0.2) is 0 Å². The van der Waals surface area contributed by atoms with Crippen LogP contribution in [0.2, 0.25) is 5.02 Å². The molecule has 1 aliphatic heterocycles. The zero-order valence-corrected chi connectivity index (χ0v) is 16.5. The lowest BCUT2D eigenvalue weighted by Crippen LogP contribution is -2.46. The Hall–Kier alpha value is -2.61. The van der Waals surface area contributed by atoms with Gasteiger partial charge in [0, 0.05) is 11.1 Å². The molecule has 8 nitrogen and oxygen atoms in total. The van der Waals surface area contributed by atoms with Gasteiger partial charge < -0.3 is 10.1 Å². The summed E-state index contributed by atoms with van der Waals surface area (Å²) in [5.41, 5.74) is 0.309. The van der Waals surface area contributed by atoms with Crippen molar-refractivity contribution >= 4 is 41.0 Å². The summed E-state index contributed by atoms with van der Waals surface area (Å²) in [6.07, 6.45) is 3.50. The SMILES string of the molecule is COc1ccc(Cl)cc1NC(=O)CN1C(=O)C(=O)N([C@@H]2CCCC[C@H]2C)C1=O. The monoisotopic (exact) mass is 407 g/mol. The van der Waals surface area contributed by atoms with Crippen LogP contribution in [0, 0.1) is 5.92 Å². The van der Waals surface area contributed by atoms with Gasteiger partial charge in [-0.25, -0.2) is 9.69 Å². The van der Waals surface area contributed by atoms with Gasteiger partial charge in [-0.15, -0.1) is 0 Å². The second-order valence-electron chi connectivity index (χ2n) is 7.07. The van der Waals surface area contributed by atoms with Crippen molar-refractivity contribution in [3.05, 3.63) is 23.2 Å². The zero-order valence-electron chi connectivity index (χ0n) is 15.7. The van der Waals surface area contributed by atoms with E-state index in [1.165, 1.54) is 13.2 Å². The molecule has 0 aromatic heterocycles. The third-order valence-electron chi connectivity index (χ3n) is 5.22. The van der Waals surface area contributed by atoms with E-state index in [0.717, 1.165) is 24.2 Å². The largest absolute Gasteiger partial charge is 0.495 e. The van der Waals surface area contributed by atoms with Crippen LogP contribution in [0.3, 0.4) is 0 Å². The number of amides is 5. The first-order valence-electron chi connectivity index (χ1n) is 9.16.